The molecule has 0 amide bonds. The van der Waals surface area contributed by atoms with E-state index in [2.05, 4.69) is 0 Å². The topological polar surface area (TPSA) is 40.1 Å². The van der Waals surface area contributed by atoms with E-state index in [1.807, 2.05) is 36.4 Å². The average molecular weight is 165 g/mol. The molecule has 0 aliphatic rings. The third-order valence-electron chi connectivity index (χ3n) is 0.667. The Kier molecular flexibility index (Phi) is 15.5. The number of rotatable bonds is 0. The van der Waals surface area contributed by atoms with E-state index in [-0.39, 0.29) is 29.6 Å². The van der Waals surface area contributed by atoms with Gasteiger partial charge in [-0.15, -0.1) is 0 Å². The molecule has 0 fully saturated rings. The van der Waals surface area contributed by atoms with Crippen LogP contribution in [0.5, 0.6) is 0 Å². The zero-order valence-corrected chi connectivity index (χ0v) is 8.78. The molecule has 1 aromatic carbocycles. The summed E-state index contributed by atoms with van der Waals surface area (Å²) in [6, 6.07) is 12.0. The molecule has 1 unspecified atom stereocenters. The van der Waals surface area contributed by atoms with E-state index in [9.17, 15) is 0 Å². The Bertz CT molecular complexity index is 119. The van der Waals surface area contributed by atoms with E-state index < -0.39 is 8.69 Å². The maximum atomic E-state index is 8.40. The van der Waals surface area contributed by atoms with Crippen LogP contribution in [0.3, 0.4) is 0 Å². The molecule has 1 rings (SSSR count). The molecular weight excluding hydrogens is 158 g/mol. The molecule has 1 aromatic rings. The van der Waals surface area contributed by atoms with Gasteiger partial charge in [0.1, 0.15) is 0 Å². The normalized spacial score (nSPS) is 6.90. The maximum Gasteiger partial charge on any atom is 1.00 e. The first-order chi connectivity index (χ1) is 4.41. The third-order valence-corrected chi connectivity index (χ3v) is 0.667. The molecule has 4 heteroatoms. The molecule has 2 nitrogen and oxygen atoms in total. The summed E-state index contributed by atoms with van der Waals surface area (Å²) in [7, 11) is -1.42. The van der Waals surface area contributed by atoms with E-state index in [1.54, 1.807) is 0 Å². The molecule has 48 valence electrons. The zero-order chi connectivity index (χ0) is 6.95. The SMILES string of the molecule is O=[PH+][O-].[Na+].c1ccccc1. The number of hydrogen-bond acceptors (Lipinski definition) is 2. The van der Waals surface area contributed by atoms with Crippen molar-refractivity contribution < 1.29 is 39.0 Å². The van der Waals surface area contributed by atoms with Gasteiger partial charge in [-0.05, 0) is 0 Å². The van der Waals surface area contributed by atoms with Crippen molar-refractivity contribution in [3.63, 3.8) is 0 Å². The molecule has 0 heterocycles. The molecule has 0 radical (unpaired) electrons. The number of benzene rings is 1. The quantitative estimate of drug-likeness (QED) is 0.329. The second-order valence-corrected chi connectivity index (χ2v) is 1.40. The van der Waals surface area contributed by atoms with Gasteiger partial charge in [0.05, 0.1) is 0 Å². The van der Waals surface area contributed by atoms with Crippen LogP contribution in [-0.4, -0.2) is 0 Å². The van der Waals surface area contributed by atoms with Crippen LogP contribution in [0, 0.1) is 0 Å². The molecule has 1 atom stereocenters. The largest absolute Gasteiger partial charge is 1.00 e. The molecule has 0 saturated heterocycles. The predicted molar refractivity (Wildman–Crippen MR) is 35.4 cm³/mol. The molecule has 0 aromatic heterocycles. The molecular formula is C6H7NaO2P+. The first kappa shape index (κ1) is 12.9. The van der Waals surface area contributed by atoms with E-state index >= 15 is 0 Å². The molecule has 0 bridgehead atoms. The van der Waals surface area contributed by atoms with E-state index in [1.165, 1.54) is 0 Å². The van der Waals surface area contributed by atoms with E-state index in [0.717, 1.165) is 0 Å². The van der Waals surface area contributed by atoms with Crippen LogP contribution in [0.1, 0.15) is 0 Å². The van der Waals surface area contributed by atoms with Crippen molar-refractivity contribution in [3.8, 4) is 0 Å². The fraction of sp³-hybridized carbons (Fsp3) is 0. The second kappa shape index (κ2) is 12.0. The Balaban J connectivity index is 0. The van der Waals surface area contributed by atoms with E-state index in [4.69, 9.17) is 9.46 Å². The Morgan fingerprint density at radius 3 is 1.10 bits per heavy atom. The number of hydrogen-bond donors (Lipinski definition) is 0. The summed E-state index contributed by atoms with van der Waals surface area (Å²) in [4.78, 5) is 8.40. The van der Waals surface area contributed by atoms with Gasteiger partial charge in [-0.3, -0.25) is 0 Å². The third kappa shape index (κ3) is 11.1. The molecule has 0 aliphatic carbocycles. The van der Waals surface area contributed by atoms with Crippen LogP contribution in [0.4, 0.5) is 0 Å². The minimum absolute atomic E-state index is 0. The Morgan fingerprint density at radius 2 is 1.00 bits per heavy atom. The van der Waals surface area contributed by atoms with Crippen LogP contribution in [0.2, 0.25) is 0 Å². The van der Waals surface area contributed by atoms with Gasteiger partial charge < -0.3 is 4.89 Å². The van der Waals surface area contributed by atoms with Crippen LogP contribution < -0.4 is 34.5 Å². The zero-order valence-electron chi connectivity index (χ0n) is 5.78. The standard InChI is InChI=1S/C6H6.Na.HO2P/c1-2-4-6-5-3-1;;1-3-2/h1-6H;;3H/q;+1;. The summed E-state index contributed by atoms with van der Waals surface area (Å²) in [5.41, 5.74) is 0. The summed E-state index contributed by atoms with van der Waals surface area (Å²) < 4.78 is 8.40. The van der Waals surface area contributed by atoms with Crippen molar-refractivity contribution in [1.82, 2.24) is 0 Å². The average Bonchev–Trinajstić information content (AvgIpc) is 1.93. The molecule has 10 heavy (non-hydrogen) atoms. The summed E-state index contributed by atoms with van der Waals surface area (Å²) in [5.74, 6) is 0. The predicted octanol–water partition coefficient (Wildman–Crippen LogP) is -2.02. The van der Waals surface area contributed by atoms with Crippen molar-refractivity contribution in [2.75, 3.05) is 0 Å². The van der Waals surface area contributed by atoms with E-state index in [0.29, 0.717) is 0 Å². The van der Waals surface area contributed by atoms with Crippen LogP contribution in [0.15, 0.2) is 36.4 Å². The Morgan fingerprint density at radius 1 is 0.900 bits per heavy atom. The smallest absolute Gasteiger partial charge is 0.597 e. The van der Waals surface area contributed by atoms with Gasteiger partial charge in [0, 0.05) is 0 Å². The van der Waals surface area contributed by atoms with Gasteiger partial charge in [0.2, 0.25) is 0 Å². The van der Waals surface area contributed by atoms with Crippen molar-refractivity contribution in [1.29, 1.82) is 0 Å². The molecule has 0 aliphatic heterocycles. The van der Waals surface area contributed by atoms with Crippen molar-refractivity contribution >= 4 is 8.69 Å². The minimum atomic E-state index is -1.42. The van der Waals surface area contributed by atoms with Gasteiger partial charge >= 0.3 is 29.6 Å². The van der Waals surface area contributed by atoms with Gasteiger partial charge in [-0.1, -0.05) is 41.0 Å². The first-order valence-corrected chi connectivity index (χ1v) is 3.22. The second-order valence-electron chi connectivity index (χ2n) is 1.24. The van der Waals surface area contributed by atoms with Crippen LogP contribution >= 0.6 is 8.69 Å². The fourth-order valence-corrected chi connectivity index (χ4v) is 0.385. The van der Waals surface area contributed by atoms with Gasteiger partial charge in [-0.25, -0.2) is 0 Å². The Labute approximate surface area is 83.9 Å². The minimum Gasteiger partial charge on any atom is -0.597 e. The van der Waals surface area contributed by atoms with Gasteiger partial charge in [-0.2, -0.15) is 0 Å². The fourth-order valence-electron chi connectivity index (χ4n) is 0.385. The monoisotopic (exact) mass is 165 g/mol. The summed E-state index contributed by atoms with van der Waals surface area (Å²) >= 11 is 0. The van der Waals surface area contributed by atoms with Gasteiger partial charge in [0.25, 0.3) is 8.69 Å². The maximum absolute atomic E-state index is 8.40. The molecule has 0 spiro atoms. The van der Waals surface area contributed by atoms with Gasteiger partial charge in [0.15, 0.2) is 0 Å². The summed E-state index contributed by atoms with van der Waals surface area (Å²) in [6.45, 7) is 0. The molecule has 0 saturated carbocycles. The summed E-state index contributed by atoms with van der Waals surface area (Å²) in [6.07, 6.45) is 0. The summed E-state index contributed by atoms with van der Waals surface area (Å²) in [5, 5.41) is 0. The molecule has 0 N–H and O–H groups in total. The van der Waals surface area contributed by atoms with Crippen molar-refractivity contribution in [2.45, 2.75) is 0 Å². The van der Waals surface area contributed by atoms with Crippen molar-refractivity contribution in [2.24, 2.45) is 0 Å². The van der Waals surface area contributed by atoms with Crippen molar-refractivity contribution in [3.05, 3.63) is 36.4 Å². The van der Waals surface area contributed by atoms with Crippen LogP contribution in [-0.2, 0) is 4.57 Å². The first-order valence-electron chi connectivity index (χ1n) is 2.41. The Hall–Kier alpha value is 0.280. The van der Waals surface area contributed by atoms with Crippen LogP contribution in [0.25, 0.3) is 0 Å².